The SMILES string of the molecule is BrC1CN(c2nncc3ccccc23)CCO1. The molecule has 0 saturated carbocycles. The van der Waals surface area contributed by atoms with Crippen LogP contribution in [0.15, 0.2) is 30.5 Å². The summed E-state index contributed by atoms with van der Waals surface area (Å²) in [6.45, 7) is 2.36. The van der Waals surface area contributed by atoms with Crippen LogP contribution in [0.5, 0.6) is 0 Å². The van der Waals surface area contributed by atoms with Gasteiger partial charge in [0.15, 0.2) is 5.82 Å². The molecule has 1 aromatic heterocycles. The molecule has 1 fully saturated rings. The fraction of sp³-hybridized carbons (Fsp3) is 0.333. The standard InChI is InChI=1S/C12H12BrN3O/c13-11-8-16(5-6-17-11)12-10-4-2-1-3-9(10)7-14-15-12/h1-4,7,11H,5-6,8H2. The summed E-state index contributed by atoms with van der Waals surface area (Å²) in [6.07, 6.45) is 1.80. The molecule has 88 valence electrons. The van der Waals surface area contributed by atoms with Crippen molar-refractivity contribution in [3.8, 4) is 0 Å². The number of halogens is 1. The Morgan fingerprint density at radius 3 is 3.12 bits per heavy atom. The molecule has 4 nitrogen and oxygen atoms in total. The van der Waals surface area contributed by atoms with E-state index >= 15 is 0 Å². The fourth-order valence-electron chi connectivity index (χ4n) is 2.05. The summed E-state index contributed by atoms with van der Waals surface area (Å²) in [5.41, 5.74) is 0. The molecule has 0 aliphatic carbocycles. The second-order valence-electron chi connectivity index (χ2n) is 3.98. The second kappa shape index (κ2) is 4.58. The van der Waals surface area contributed by atoms with Gasteiger partial charge in [-0.2, -0.15) is 5.10 Å². The van der Waals surface area contributed by atoms with Gasteiger partial charge in [0.05, 0.1) is 19.3 Å². The third-order valence-electron chi connectivity index (χ3n) is 2.87. The third-order valence-corrected chi connectivity index (χ3v) is 3.43. The quantitative estimate of drug-likeness (QED) is 0.756. The summed E-state index contributed by atoms with van der Waals surface area (Å²) in [6, 6.07) is 8.18. The Hall–Kier alpha value is -1.20. The summed E-state index contributed by atoms with van der Waals surface area (Å²) in [4.78, 5) is 2.21. The number of ether oxygens (including phenoxy) is 1. The Balaban J connectivity index is 2.04. The molecule has 1 aromatic carbocycles. The van der Waals surface area contributed by atoms with E-state index in [9.17, 15) is 0 Å². The van der Waals surface area contributed by atoms with E-state index in [2.05, 4.69) is 43.2 Å². The first-order chi connectivity index (χ1) is 8.34. The largest absolute Gasteiger partial charge is 0.363 e. The fourth-order valence-corrected chi connectivity index (χ4v) is 2.58. The molecule has 1 atom stereocenters. The zero-order chi connectivity index (χ0) is 11.7. The lowest BCUT2D eigenvalue weighted by molar-refractivity contribution is 0.102. The van der Waals surface area contributed by atoms with Crippen molar-refractivity contribution in [1.82, 2.24) is 10.2 Å². The van der Waals surface area contributed by atoms with Crippen molar-refractivity contribution < 1.29 is 4.74 Å². The van der Waals surface area contributed by atoms with Crippen molar-refractivity contribution in [2.75, 3.05) is 24.6 Å². The number of benzene rings is 1. The van der Waals surface area contributed by atoms with E-state index in [0.717, 1.165) is 29.7 Å². The van der Waals surface area contributed by atoms with Crippen LogP contribution < -0.4 is 4.90 Å². The monoisotopic (exact) mass is 293 g/mol. The van der Waals surface area contributed by atoms with E-state index in [1.54, 1.807) is 6.20 Å². The van der Waals surface area contributed by atoms with Gasteiger partial charge in [-0.1, -0.05) is 40.2 Å². The first-order valence-electron chi connectivity index (χ1n) is 5.55. The van der Waals surface area contributed by atoms with E-state index in [1.807, 2.05) is 12.1 Å². The van der Waals surface area contributed by atoms with Gasteiger partial charge >= 0.3 is 0 Å². The first kappa shape index (κ1) is 10.9. The summed E-state index contributed by atoms with van der Waals surface area (Å²) in [5, 5.41) is 10.7. The minimum Gasteiger partial charge on any atom is -0.363 e. The van der Waals surface area contributed by atoms with Gasteiger partial charge in [-0.3, -0.25) is 0 Å². The molecule has 2 aromatic rings. The first-order valence-corrected chi connectivity index (χ1v) is 6.47. The van der Waals surface area contributed by atoms with Crippen LogP contribution in [0.1, 0.15) is 0 Å². The predicted octanol–water partition coefficient (Wildman–Crippen LogP) is 2.19. The molecule has 0 bridgehead atoms. The highest BCUT2D eigenvalue weighted by atomic mass is 79.9. The number of nitrogens with zero attached hydrogens (tertiary/aromatic N) is 3. The van der Waals surface area contributed by atoms with E-state index in [1.165, 1.54) is 0 Å². The maximum atomic E-state index is 5.47. The van der Waals surface area contributed by atoms with Gasteiger partial charge in [0.25, 0.3) is 0 Å². The zero-order valence-corrected chi connectivity index (χ0v) is 10.8. The maximum Gasteiger partial charge on any atom is 0.159 e. The summed E-state index contributed by atoms with van der Waals surface area (Å²) < 4.78 is 5.47. The Morgan fingerprint density at radius 2 is 2.24 bits per heavy atom. The van der Waals surface area contributed by atoms with Crippen LogP contribution in [0.2, 0.25) is 0 Å². The molecule has 0 amide bonds. The Labute approximate surface area is 108 Å². The number of morpholine rings is 1. The molecule has 0 spiro atoms. The molecule has 3 rings (SSSR count). The second-order valence-corrected chi connectivity index (χ2v) is 5.00. The maximum absolute atomic E-state index is 5.47. The Bertz CT molecular complexity index is 529. The molecule has 1 unspecified atom stereocenters. The van der Waals surface area contributed by atoms with Crippen LogP contribution >= 0.6 is 15.9 Å². The van der Waals surface area contributed by atoms with Crippen LogP contribution in [0.3, 0.4) is 0 Å². The van der Waals surface area contributed by atoms with Gasteiger partial charge in [0, 0.05) is 17.3 Å². The molecule has 1 aliphatic heterocycles. The lowest BCUT2D eigenvalue weighted by Crippen LogP contribution is -2.40. The van der Waals surface area contributed by atoms with Gasteiger partial charge < -0.3 is 9.64 Å². The van der Waals surface area contributed by atoms with Crippen LogP contribution in [-0.2, 0) is 4.74 Å². The van der Waals surface area contributed by atoms with Crippen molar-refractivity contribution in [3.05, 3.63) is 30.5 Å². The van der Waals surface area contributed by atoms with Gasteiger partial charge in [-0.05, 0) is 0 Å². The minimum atomic E-state index is 0.0667. The summed E-state index contributed by atoms with van der Waals surface area (Å²) in [7, 11) is 0. The number of alkyl halides is 1. The summed E-state index contributed by atoms with van der Waals surface area (Å²) >= 11 is 3.48. The number of hydrogen-bond donors (Lipinski definition) is 0. The van der Waals surface area contributed by atoms with E-state index < -0.39 is 0 Å². The average Bonchev–Trinajstić information content (AvgIpc) is 2.38. The van der Waals surface area contributed by atoms with E-state index in [-0.39, 0.29) is 5.01 Å². The minimum absolute atomic E-state index is 0.0667. The Morgan fingerprint density at radius 1 is 1.35 bits per heavy atom. The zero-order valence-electron chi connectivity index (χ0n) is 9.21. The van der Waals surface area contributed by atoms with Gasteiger partial charge in [0.2, 0.25) is 0 Å². The predicted molar refractivity (Wildman–Crippen MR) is 70.4 cm³/mol. The molecule has 1 saturated heterocycles. The highest BCUT2D eigenvalue weighted by molar-refractivity contribution is 9.09. The number of rotatable bonds is 1. The van der Waals surface area contributed by atoms with Crippen LogP contribution in [0.25, 0.3) is 10.8 Å². The molecule has 0 radical (unpaired) electrons. The van der Waals surface area contributed by atoms with Crippen molar-refractivity contribution in [2.45, 2.75) is 5.01 Å². The molecular weight excluding hydrogens is 282 g/mol. The van der Waals surface area contributed by atoms with E-state index in [0.29, 0.717) is 6.61 Å². The van der Waals surface area contributed by atoms with Crippen molar-refractivity contribution >= 4 is 32.5 Å². The topological polar surface area (TPSA) is 38.2 Å². The number of anilines is 1. The van der Waals surface area contributed by atoms with Gasteiger partial charge in [-0.25, -0.2) is 0 Å². The van der Waals surface area contributed by atoms with Crippen LogP contribution in [0.4, 0.5) is 5.82 Å². The molecule has 5 heteroatoms. The van der Waals surface area contributed by atoms with E-state index in [4.69, 9.17) is 4.74 Å². The molecule has 1 aliphatic rings. The summed E-state index contributed by atoms with van der Waals surface area (Å²) in [5.74, 6) is 0.941. The van der Waals surface area contributed by atoms with Crippen molar-refractivity contribution in [3.63, 3.8) is 0 Å². The normalized spacial score (nSPS) is 20.8. The van der Waals surface area contributed by atoms with Gasteiger partial charge in [0.1, 0.15) is 5.01 Å². The lowest BCUT2D eigenvalue weighted by atomic mass is 10.2. The molecule has 17 heavy (non-hydrogen) atoms. The number of fused-ring (bicyclic) bond motifs is 1. The average molecular weight is 294 g/mol. The van der Waals surface area contributed by atoms with Crippen molar-refractivity contribution in [2.24, 2.45) is 0 Å². The highest BCUT2D eigenvalue weighted by Gasteiger charge is 2.20. The smallest absolute Gasteiger partial charge is 0.159 e. The third kappa shape index (κ3) is 2.12. The van der Waals surface area contributed by atoms with Crippen LogP contribution in [0, 0.1) is 0 Å². The molecule has 2 heterocycles. The highest BCUT2D eigenvalue weighted by Crippen LogP contribution is 2.25. The van der Waals surface area contributed by atoms with Gasteiger partial charge in [-0.15, -0.1) is 5.10 Å². The molecular formula is C12H12BrN3O. The van der Waals surface area contributed by atoms with Crippen molar-refractivity contribution in [1.29, 1.82) is 0 Å². The number of hydrogen-bond acceptors (Lipinski definition) is 4. The lowest BCUT2D eigenvalue weighted by Gasteiger charge is -2.31. The van der Waals surface area contributed by atoms with Crippen LogP contribution in [-0.4, -0.2) is 34.9 Å². The molecule has 0 N–H and O–H groups in total. The number of aromatic nitrogens is 2. The Kier molecular flexibility index (Phi) is 2.94.